The van der Waals surface area contributed by atoms with Crippen LogP contribution < -0.4 is 5.32 Å². The number of aromatic nitrogens is 2. The zero-order valence-electron chi connectivity index (χ0n) is 8.10. The van der Waals surface area contributed by atoms with Crippen LogP contribution in [0, 0.1) is 13.8 Å². The lowest BCUT2D eigenvalue weighted by molar-refractivity contribution is 0.950. The summed E-state index contributed by atoms with van der Waals surface area (Å²) in [4.78, 5) is 8.60. The van der Waals surface area contributed by atoms with Gasteiger partial charge in [-0.05, 0) is 20.3 Å². The molecule has 0 saturated heterocycles. The van der Waals surface area contributed by atoms with Crippen molar-refractivity contribution >= 4 is 5.82 Å². The van der Waals surface area contributed by atoms with E-state index in [1.165, 1.54) is 5.56 Å². The lowest BCUT2D eigenvalue weighted by atomic mass is 10.1. The van der Waals surface area contributed by atoms with Crippen molar-refractivity contribution in [1.82, 2.24) is 9.97 Å². The third kappa shape index (κ3) is 1.55. The third-order valence-electron chi connectivity index (χ3n) is 1.92. The van der Waals surface area contributed by atoms with Gasteiger partial charge in [-0.25, -0.2) is 9.97 Å². The molecule has 0 aliphatic rings. The van der Waals surface area contributed by atoms with E-state index in [1.54, 1.807) is 0 Å². The molecule has 1 N–H and O–H groups in total. The van der Waals surface area contributed by atoms with Crippen molar-refractivity contribution < 1.29 is 0 Å². The van der Waals surface area contributed by atoms with Gasteiger partial charge in [0.05, 0.1) is 0 Å². The molecule has 12 heavy (non-hydrogen) atoms. The molecule has 1 aromatic rings. The molecule has 66 valence electrons. The van der Waals surface area contributed by atoms with E-state index in [0.717, 1.165) is 23.8 Å². The maximum absolute atomic E-state index is 4.30. The summed E-state index contributed by atoms with van der Waals surface area (Å²) in [5.74, 6) is 1.79. The van der Waals surface area contributed by atoms with Crippen LogP contribution >= 0.6 is 0 Å². The van der Waals surface area contributed by atoms with Crippen LogP contribution in [0.3, 0.4) is 0 Å². The van der Waals surface area contributed by atoms with Gasteiger partial charge in [-0.2, -0.15) is 0 Å². The van der Waals surface area contributed by atoms with E-state index in [2.05, 4.69) is 22.2 Å². The molecule has 3 heteroatoms. The molecule has 1 rings (SSSR count). The molecule has 0 spiro atoms. The van der Waals surface area contributed by atoms with Crippen LogP contribution in [0.4, 0.5) is 5.82 Å². The van der Waals surface area contributed by atoms with E-state index in [4.69, 9.17) is 0 Å². The summed E-state index contributed by atoms with van der Waals surface area (Å²) >= 11 is 0. The Hall–Kier alpha value is -1.12. The maximum atomic E-state index is 4.30. The van der Waals surface area contributed by atoms with Crippen molar-refractivity contribution in [3.8, 4) is 0 Å². The molecule has 1 heterocycles. The molecule has 0 aliphatic heterocycles. The number of anilines is 1. The van der Waals surface area contributed by atoms with Crippen LogP contribution in [0.2, 0.25) is 0 Å². The number of nitrogens with one attached hydrogen (secondary N) is 1. The fraction of sp³-hybridized carbons (Fsp3) is 0.556. The highest BCUT2D eigenvalue weighted by Crippen LogP contribution is 2.15. The van der Waals surface area contributed by atoms with Gasteiger partial charge in [0, 0.05) is 18.3 Å². The van der Waals surface area contributed by atoms with E-state index < -0.39 is 0 Å². The first-order valence-corrected chi connectivity index (χ1v) is 4.21. The van der Waals surface area contributed by atoms with Crippen LogP contribution in [0.1, 0.15) is 24.0 Å². The van der Waals surface area contributed by atoms with Crippen LogP contribution in [0.5, 0.6) is 0 Å². The standard InChI is InChI=1S/C9H15N3/c1-5-8-6(2)11-7(3)12-9(8)10-4/h5H2,1-4H3,(H,10,11,12). The van der Waals surface area contributed by atoms with Crippen molar-refractivity contribution in [2.75, 3.05) is 12.4 Å². The Morgan fingerprint density at radius 3 is 2.42 bits per heavy atom. The van der Waals surface area contributed by atoms with Gasteiger partial charge in [-0.15, -0.1) is 0 Å². The summed E-state index contributed by atoms with van der Waals surface area (Å²) < 4.78 is 0. The molecule has 0 aliphatic carbocycles. The smallest absolute Gasteiger partial charge is 0.132 e. The van der Waals surface area contributed by atoms with Gasteiger partial charge in [0.2, 0.25) is 0 Å². The van der Waals surface area contributed by atoms with Gasteiger partial charge >= 0.3 is 0 Å². The predicted molar refractivity (Wildman–Crippen MR) is 50.4 cm³/mol. The van der Waals surface area contributed by atoms with Gasteiger partial charge in [0.1, 0.15) is 11.6 Å². The van der Waals surface area contributed by atoms with Gasteiger partial charge < -0.3 is 5.32 Å². The van der Waals surface area contributed by atoms with E-state index in [-0.39, 0.29) is 0 Å². The molecular formula is C9H15N3. The van der Waals surface area contributed by atoms with Gasteiger partial charge in [-0.3, -0.25) is 0 Å². The minimum atomic E-state index is 0.828. The molecule has 0 saturated carbocycles. The Bertz CT molecular complexity index is 281. The van der Waals surface area contributed by atoms with Crippen molar-refractivity contribution in [3.63, 3.8) is 0 Å². The molecule has 3 nitrogen and oxygen atoms in total. The minimum Gasteiger partial charge on any atom is -0.373 e. The molecule has 0 unspecified atom stereocenters. The lowest BCUT2D eigenvalue weighted by Crippen LogP contribution is -2.04. The maximum Gasteiger partial charge on any atom is 0.132 e. The molecule has 0 radical (unpaired) electrons. The topological polar surface area (TPSA) is 37.8 Å². The second kappa shape index (κ2) is 3.52. The van der Waals surface area contributed by atoms with E-state index in [9.17, 15) is 0 Å². The predicted octanol–water partition coefficient (Wildman–Crippen LogP) is 1.70. The molecule has 0 bridgehead atoms. The highest BCUT2D eigenvalue weighted by atomic mass is 15.0. The van der Waals surface area contributed by atoms with Gasteiger partial charge in [0.15, 0.2) is 0 Å². The summed E-state index contributed by atoms with van der Waals surface area (Å²) in [7, 11) is 1.89. The van der Waals surface area contributed by atoms with Crippen LogP contribution in [-0.4, -0.2) is 17.0 Å². The Morgan fingerprint density at radius 2 is 1.92 bits per heavy atom. The summed E-state index contributed by atoms with van der Waals surface area (Å²) in [6.07, 6.45) is 0.974. The third-order valence-corrected chi connectivity index (χ3v) is 1.92. The van der Waals surface area contributed by atoms with Crippen LogP contribution in [0.15, 0.2) is 0 Å². The SMILES string of the molecule is CCc1c(C)nc(C)nc1NC. The summed E-state index contributed by atoms with van der Waals surface area (Å²) in [6, 6.07) is 0. The first-order valence-electron chi connectivity index (χ1n) is 4.21. The summed E-state index contributed by atoms with van der Waals surface area (Å²) in [5.41, 5.74) is 2.29. The summed E-state index contributed by atoms with van der Waals surface area (Å²) in [5, 5.41) is 3.08. The number of rotatable bonds is 2. The first kappa shape index (κ1) is 8.97. The van der Waals surface area contributed by atoms with Crippen molar-refractivity contribution in [3.05, 3.63) is 17.1 Å². The Labute approximate surface area is 73.2 Å². The van der Waals surface area contributed by atoms with Crippen molar-refractivity contribution in [1.29, 1.82) is 0 Å². The number of nitrogens with zero attached hydrogens (tertiary/aromatic N) is 2. The highest BCUT2D eigenvalue weighted by molar-refractivity contribution is 5.45. The quantitative estimate of drug-likeness (QED) is 0.724. The average Bonchev–Trinajstić information content (AvgIpc) is 2.03. The highest BCUT2D eigenvalue weighted by Gasteiger charge is 2.05. The molecule has 0 atom stereocenters. The van der Waals surface area contributed by atoms with Crippen molar-refractivity contribution in [2.24, 2.45) is 0 Å². The van der Waals surface area contributed by atoms with Crippen LogP contribution in [-0.2, 0) is 6.42 Å². The van der Waals surface area contributed by atoms with Gasteiger partial charge in [-0.1, -0.05) is 6.92 Å². The Balaban J connectivity index is 3.24. The van der Waals surface area contributed by atoms with Gasteiger partial charge in [0.25, 0.3) is 0 Å². The monoisotopic (exact) mass is 165 g/mol. The molecular weight excluding hydrogens is 150 g/mol. The Morgan fingerprint density at radius 1 is 1.25 bits per heavy atom. The average molecular weight is 165 g/mol. The second-order valence-corrected chi connectivity index (χ2v) is 2.79. The number of hydrogen-bond acceptors (Lipinski definition) is 3. The van der Waals surface area contributed by atoms with Crippen LogP contribution in [0.25, 0.3) is 0 Å². The number of aryl methyl sites for hydroxylation is 2. The second-order valence-electron chi connectivity index (χ2n) is 2.79. The summed E-state index contributed by atoms with van der Waals surface area (Å²) in [6.45, 7) is 6.05. The van der Waals surface area contributed by atoms with E-state index in [1.807, 2.05) is 20.9 Å². The number of hydrogen-bond donors (Lipinski definition) is 1. The molecule has 0 aromatic carbocycles. The fourth-order valence-corrected chi connectivity index (χ4v) is 1.37. The fourth-order valence-electron chi connectivity index (χ4n) is 1.37. The van der Waals surface area contributed by atoms with E-state index >= 15 is 0 Å². The lowest BCUT2D eigenvalue weighted by Gasteiger charge is -2.09. The molecule has 0 fully saturated rings. The van der Waals surface area contributed by atoms with E-state index in [0.29, 0.717) is 0 Å². The molecule has 0 amide bonds. The first-order chi connectivity index (χ1) is 5.69. The zero-order chi connectivity index (χ0) is 9.14. The normalized spacial score (nSPS) is 10.0. The minimum absolute atomic E-state index is 0.828. The Kier molecular flexibility index (Phi) is 2.63. The zero-order valence-corrected chi connectivity index (χ0v) is 8.10. The molecule has 1 aromatic heterocycles. The van der Waals surface area contributed by atoms with Crippen molar-refractivity contribution in [2.45, 2.75) is 27.2 Å². The largest absolute Gasteiger partial charge is 0.373 e.